The molecule has 2 aromatic rings. The van der Waals surface area contributed by atoms with E-state index < -0.39 is 29.1 Å². The number of halogens is 3. The fourth-order valence-electron chi connectivity index (χ4n) is 1.85. The smallest absolute Gasteiger partial charge is 0.307 e. The molecule has 0 aliphatic carbocycles. The maximum absolute atomic E-state index is 13.4. The van der Waals surface area contributed by atoms with Crippen molar-refractivity contribution in [2.24, 2.45) is 0 Å². The molecule has 0 aliphatic heterocycles. The molecule has 2 aromatic carbocycles. The summed E-state index contributed by atoms with van der Waals surface area (Å²) in [6.07, 6.45) is -0.0884. The molecule has 0 heterocycles. The van der Waals surface area contributed by atoms with E-state index in [-0.39, 0.29) is 13.0 Å². The standard InChI is InChI=1S/C15H12F3NO2/c16-11-6-12(17)15(13(18)7-11)19-8-10-3-1-9(2-4-10)5-14(20)21/h1-4,6-7,19H,5,8H2,(H,20,21). The van der Waals surface area contributed by atoms with Crippen molar-refractivity contribution >= 4 is 11.7 Å². The van der Waals surface area contributed by atoms with Crippen LogP contribution in [-0.4, -0.2) is 11.1 Å². The molecule has 2 rings (SSSR count). The Balaban J connectivity index is 2.05. The minimum absolute atomic E-state index is 0.0884. The van der Waals surface area contributed by atoms with Gasteiger partial charge in [0.1, 0.15) is 11.5 Å². The van der Waals surface area contributed by atoms with Crippen molar-refractivity contribution in [3.8, 4) is 0 Å². The first-order valence-corrected chi connectivity index (χ1v) is 6.13. The third-order valence-corrected chi connectivity index (χ3v) is 2.85. The first-order valence-electron chi connectivity index (χ1n) is 6.13. The van der Waals surface area contributed by atoms with Gasteiger partial charge in [0.05, 0.1) is 6.42 Å². The summed E-state index contributed by atoms with van der Waals surface area (Å²) in [5, 5.41) is 11.2. The van der Waals surface area contributed by atoms with Gasteiger partial charge >= 0.3 is 5.97 Å². The third kappa shape index (κ3) is 3.98. The van der Waals surface area contributed by atoms with E-state index in [1.165, 1.54) is 0 Å². The number of anilines is 1. The van der Waals surface area contributed by atoms with Crippen molar-refractivity contribution in [3.05, 3.63) is 65.0 Å². The van der Waals surface area contributed by atoms with E-state index in [0.29, 0.717) is 23.3 Å². The van der Waals surface area contributed by atoms with Crippen LogP contribution in [0.5, 0.6) is 0 Å². The normalized spacial score (nSPS) is 10.4. The van der Waals surface area contributed by atoms with Gasteiger partial charge in [0.25, 0.3) is 0 Å². The van der Waals surface area contributed by atoms with E-state index in [4.69, 9.17) is 5.11 Å². The zero-order valence-corrected chi connectivity index (χ0v) is 10.9. The Morgan fingerprint density at radius 2 is 1.52 bits per heavy atom. The molecule has 110 valence electrons. The summed E-state index contributed by atoms with van der Waals surface area (Å²) in [5.41, 5.74) is 0.948. The van der Waals surface area contributed by atoms with Gasteiger partial charge in [-0.3, -0.25) is 4.79 Å². The van der Waals surface area contributed by atoms with E-state index in [1.54, 1.807) is 24.3 Å². The van der Waals surface area contributed by atoms with Crippen LogP contribution in [0.1, 0.15) is 11.1 Å². The number of hydrogen-bond acceptors (Lipinski definition) is 2. The Bertz CT molecular complexity index is 633. The monoisotopic (exact) mass is 295 g/mol. The first kappa shape index (κ1) is 14.9. The van der Waals surface area contributed by atoms with Gasteiger partial charge in [-0.2, -0.15) is 0 Å². The van der Waals surface area contributed by atoms with E-state index in [2.05, 4.69) is 5.32 Å². The Hall–Kier alpha value is -2.50. The molecule has 0 saturated heterocycles. The van der Waals surface area contributed by atoms with Crippen LogP contribution in [-0.2, 0) is 17.8 Å². The molecular formula is C15H12F3NO2. The quantitative estimate of drug-likeness (QED) is 0.889. The average molecular weight is 295 g/mol. The summed E-state index contributed by atoms with van der Waals surface area (Å²) in [7, 11) is 0. The number of rotatable bonds is 5. The van der Waals surface area contributed by atoms with Crippen molar-refractivity contribution in [1.29, 1.82) is 0 Å². The maximum atomic E-state index is 13.4. The second-order valence-corrected chi connectivity index (χ2v) is 4.49. The number of aliphatic carboxylic acids is 1. The summed E-state index contributed by atoms with van der Waals surface area (Å²) in [6, 6.07) is 7.77. The van der Waals surface area contributed by atoms with Gasteiger partial charge in [0, 0.05) is 18.7 Å². The van der Waals surface area contributed by atoms with Crippen LogP contribution in [0.2, 0.25) is 0 Å². The Kier molecular flexibility index (Phi) is 4.47. The summed E-state index contributed by atoms with van der Waals surface area (Å²) < 4.78 is 39.6. The number of carboxylic acid groups (broad SMARTS) is 1. The number of carbonyl (C=O) groups is 1. The predicted octanol–water partition coefficient (Wildman–Crippen LogP) is 3.34. The molecule has 2 N–H and O–H groups in total. The molecule has 0 fully saturated rings. The molecule has 21 heavy (non-hydrogen) atoms. The van der Waals surface area contributed by atoms with Crippen molar-refractivity contribution < 1.29 is 23.1 Å². The van der Waals surface area contributed by atoms with Gasteiger partial charge in [0.2, 0.25) is 0 Å². The van der Waals surface area contributed by atoms with Crippen LogP contribution in [0.25, 0.3) is 0 Å². The Morgan fingerprint density at radius 1 is 1.00 bits per heavy atom. The predicted molar refractivity (Wildman–Crippen MR) is 71.4 cm³/mol. The highest BCUT2D eigenvalue weighted by Gasteiger charge is 2.11. The molecule has 6 heteroatoms. The van der Waals surface area contributed by atoms with Gasteiger partial charge in [-0.05, 0) is 11.1 Å². The van der Waals surface area contributed by atoms with Gasteiger partial charge in [-0.25, -0.2) is 13.2 Å². The zero-order chi connectivity index (χ0) is 15.4. The van der Waals surface area contributed by atoms with Crippen LogP contribution in [0.3, 0.4) is 0 Å². The minimum atomic E-state index is -1.00. The zero-order valence-electron chi connectivity index (χ0n) is 10.9. The van der Waals surface area contributed by atoms with Gasteiger partial charge in [0.15, 0.2) is 11.6 Å². The molecule has 0 saturated carbocycles. The van der Waals surface area contributed by atoms with E-state index in [0.717, 1.165) is 0 Å². The van der Waals surface area contributed by atoms with Crippen LogP contribution in [0.4, 0.5) is 18.9 Å². The highest BCUT2D eigenvalue weighted by Crippen LogP contribution is 2.21. The van der Waals surface area contributed by atoms with E-state index >= 15 is 0 Å². The Labute approximate surface area is 119 Å². The number of nitrogens with one attached hydrogen (secondary N) is 1. The lowest BCUT2D eigenvalue weighted by Gasteiger charge is -2.09. The lowest BCUT2D eigenvalue weighted by molar-refractivity contribution is -0.136. The molecule has 0 aliphatic rings. The van der Waals surface area contributed by atoms with Gasteiger partial charge in [-0.15, -0.1) is 0 Å². The molecule has 0 amide bonds. The second-order valence-electron chi connectivity index (χ2n) is 4.49. The van der Waals surface area contributed by atoms with Crippen molar-refractivity contribution in [1.82, 2.24) is 0 Å². The fourth-order valence-corrected chi connectivity index (χ4v) is 1.85. The third-order valence-electron chi connectivity index (χ3n) is 2.85. The summed E-state index contributed by atoms with van der Waals surface area (Å²) >= 11 is 0. The number of hydrogen-bond donors (Lipinski definition) is 2. The molecule has 0 unspecified atom stereocenters. The fraction of sp³-hybridized carbons (Fsp3) is 0.133. The van der Waals surface area contributed by atoms with Crippen molar-refractivity contribution in [2.75, 3.05) is 5.32 Å². The van der Waals surface area contributed by atoms with Crippen LogP contribution >= 0.6 is 0 Å². The van der Waals surface area contributed by atoms with Gasteiger partial charge in [-0.1, -0.05) is 24.3 Å². The molecule has 0 atom stereocenters. The highest BCUT2D eigenvalue weighted by atomic mass is 19.1. The topological polar surface area (TPSA) is 49.3 Å². The number of benzene rings is 2. The van der Waals surface area contributed by atoms with Crippen molar-refractivity contribution in [2.45, 2.75) is 13.0 Å². The molecular weight excluding hydrogens is 283 g/mol. The van der Waals surface area contributed by atoms with Crippen LogP contribution in [0, 0.1) is 17.5 Å². The molecule has 0 spiro atoms. The first-order chi connectivity index (χ1) is 9.95. The lowest BCUT2D eigenvalue weighted by Crippen LogP contribution is -2.05. The molecule has 0 aromatic heterocycles. The van der Waals surface area contributed by atoms with E-state index in [9.17, 15) is 18.0 Å². The maximum Gasteiger partial charge on any atom is 0.307 e. The molecule has 3 nitrogen and oxygen atoms in total. The van der Waals surface area contributed by atoms with E-state index in [1.807, 2.05) is 0 Å². The summed E-state index contributed by atoms with van der Waals surface area (Å²) in [5.74, 6) is -3.92. The summed E-state index contributed by atoms with van der Waals surface area (Å²) in [6.45, 7) is 0.132. The van der Waals surface area contributed by atoms with Crippen molar-refractivity contribution in [3.63, 3.8) is 0 Å². The SMILES string of the molecule is O=C(O)Cc1ccc(CNc2c(F)cc(F)cc2F)cc1. The number of carboxylic acids is 1. The highest BCUT2D eigenvalue weighted by molar-refractivity contribution is 5.70. The minimum Gasteiger partial charge on any atom is -0.481 e. The molecule has 0 radical (unpaired) electrons. The lowest BCUT2D eigenvalue weighted by atomic mass is 10.1. The molecule has 0 bridgehead atoms. The van der Waals surface area contributed by atoms with Crippen LogP contribution < -0.4 is 5.32 Å². The largest absolute Gasteiger partial charge is 0.481 e. The Morgan fingerprint density at radius 3 is 2.05 bits per heavy atom. The summed E-state index contributed by atoms with van der Waals surface area (Å²) in [4.78, 5) is 10.5. The second kappa shape index (κ2) is 6.30. The van der Waals surface area contributed by atoms with Gasteiger partial charge < -0.3 is 10.4 Å². The van der Waals surface area contributed by atoms with Crippen LogP contribution in [0.15, 0.2) is 36.4 Å². The average Bonchev–Trinajstić information content (AvgIpc) is 2.38.